The maximum Gasteiger partial charge on any atom is 0.515 e. The monoisotopic (exact) mass is 478 g/mol. The van der Waals surface area contributed by atoms with E-state index in [9.17, 15) is 25.0 Å². The molecule has 0 aliphatic carbocycles. The van der Waals surface area contributed by atoms with Crippen LogP contribution in [0.1, 0.15) is 11.1 Å². The second-order valence-corrected chi connectivity index (χ2v) is 7.34. The Bertz CT molecular complexity index is 1420. The summed E-state index contributed by atoms with van der Waals surface area (Å²) < 4.78 is 17.2. The number of rotatable bonds is 8. The van der Waals surface area contributed by atoms with E-state index in [0.29, 0.717) is 27.8 Å². The van der Waals surface area contributed by atoms with Crippen molar-refractivity contribution in [2.24, 2.45) is 0 Å². The van der Waals surface area contributed by atoms with Crippen LogP contribution in [0.4, 0.5) is 16.2 Å². The van der Waals surface area contributed by atoms with Gasteiger partial charge in [-0.15, -0.1) is 5.10 Å². The fraction of sp³-hybridized carbons (Fsp3) is 0.130. The number of nitro groups is 2. The number of methoxy groups -OCH3 is 1. The largest absolute Gasteiger partial charge is 0.515 e. The average Bonchev–Trinajstić information content (AvgIpc) is 3.19. The first-order valence-electron chi connectivity index (χ1n) is 10.2. The summed E-state index contributed by atoms with van der Waals surface area (Å²) in [6, 6.07) is 16.8. The first-order valence-corrected chi connectivity index (χ1v) is 10.2. The van der Waals surface area contributed by atoms with E-state index < -0.39 is 16.0 Å². The zero-order valence-electron chi connectivity index (χ0n) is 18.3. The quantitative estimate of drug-likeness (QED) is 0.201. The molecule has 0 saturated carbocycles. The lowest BCUT2D eigenvalue weighted by atomic mass is 10.2. The molecule has 1 aromatic heterocycles. The number of nitrogens with zero attached hydrogens (tertiary/aromatic N) is 4. The van der Waals surface area contributed by atoms with Gasteiger partial charge in [-0.3, -0.25) is 24.9 Å². The summed E-state index contributed by atoms with van der Waals surface area (Å²) in [4.78, 5) is 33.2. The van der Waals surface area contributed by atoms with E-state index in [0.717, 1.165) is 0 Å². The number of benzene rings is 3. The highest BCUT2D eigenvalue weighted by atomic mass is 16.7. The summed E-state index contributed by atoms with van der Waals surface area (Å²) in [6.45, 7) is 0.0260. The van der Waals surface area contributed by atoms with Crippen LogP contribution in [-0.4, -0.2) is 32.9 Å². The molecule has 0 aliphatic heterocycles. The lowest BCUT2D eigenvalue weighted by Gasteiger charge is -2.05. The highest BCUT2D eigenvalue weighted by molar-refractivity contribution is 5.87. The van der Waals surface area contributed by atoms with Crippen molar-refractivity contribution in [2.75, 3.05) is 7.11 Å². The molecule has 12 heteroatoms. The average molecular weight is 478 g/mol. The summed E-state index contributed by atoms with van der Waals surface area (Å²) in [5, 5.41) is 26.7. The van der Waals surface area contributed by atoms with Gasteiger partial charge >= 0.3 is 6.16 Å². The number of hydrogen-bond donors (Lipinski definition) is 0. The van der Waals surface area contributed by atoms with Crippen LogP contribution in [-0.2, 0) is 17.9 Å². The van der Waals surface area contributed by atoms with Crippen molar-refractivity contribution >= 4 is 28.4 Å². The SMILES string of the molecule is COc1ccc2c(c1)c(OC(=O)OCc1ccc([N+](=O)[O-])cc1)nn2Cc1cccc([N+](=O)[O-])c1. The van der Waals surface area contributed by atoms with Crippen LogP contribution < -0.4 is 9.47 Å². The predicted octanol–water partition coefficient (Wildman–Crippen LogP) is 4.63. The van der Waals surface area contributed by atoms with Crippen LogP contribution in [0.25, 0.3) is 10.9 Å². The first-order chi connectivity index (χ1) is 16.8. The van der Waals surface area contributed by atoms with Crippen molar-refractivity contribution in [1.29, 1.82) is 0 Å². The smallest absolute Gasteiger partial charge is 0.497 e. The van der Waals surface area contributed by atoms with Crippen LogP contribution in [0.3, 0.4) is 0 Å². The molecule has 0 radical (unpaired) electrons. The number of carbonyl (C=O) groups excluding carboxylic acids is 1. The van der Waals surface area contributed by atoms with Crippen LogP contribution in [0.2, 0.25) is 0 Å². The van der Waals surface area contributed by atoms with Gasteiger partial charge in [-0.05, 0) is 41.5 Å². The second-order valence-electron chi connectivity index (χ2n) is 7.34. The summed E-state index contributed by atoms with van der Waals surface area (Å²) >= 11 is 0. The molecule has 12 nitrogen and oxygen atoms in total. The predicted molar refractivity (Wildman–Crippen MR) is 122 cm³/mol. The molecule has 0 N–H and O–H groups in total. The molecular formula is C23H18N4O8. The van der Waals surface area contributed by atoms with E-state index in [1.807, 2.05) is 0 Å². The summed E-state index contributed by atoms with van der Waals surface area (Å²) in [6.07, 6.45) is -1.02. The van der Waals surface area contributed by atoms with Crippen LogP contribution in [0.15, 0.2) is 66.7 Å². The lowest BCUT2D eigenvalue weighted by molar-refractivity contribution is -0.385. The van der Waals surface area contributed by atoms with Crippen LogP contribution in [0.5, 0.6) is 11.6 Å². The number of carbonyl (C=O) groups is 1. The van der Waals surface area contributed by atoms with E-state index in [2.05, 4.69) is 5.10 Å². The second kappa shape index (κ2) is 9.87. The third kappa shape index (κ3) is 5.33. The highest BCUT2D eigenvalue weighted by Gasteiger charge is 2.18. The van der Waals surface area contributed by atoms with Gasteiger partial charge < -0.3 is 14.2 Å². The Morgan fingerprint density at radius 1 is 0.943 bits per heavy atom. The van der Waals surface area contributed by atoms with Gasteiger partial charge in [0.2, 0.25) is 0 Å². The van der Waals surface area contributed by atoms with E-state index >= 15 is 0 Å². The molecule has 0 bridgehead atoms. The summed E-state index contributed by atoms with van der Waals surface area (Å²) in [7, 11) is 1.49. The zero-order chi connectivity index (χ0) is 24.9. The maximum absolute atomic E-state index is 12.3. The van der Waals surface area contributed by atoms with Gasteiger partial charge in [-0.25, -0.2) is 4.79 Å². The first kappa shape index (κ1) is 23.2. The molecule has 0 amide bonds. The molecule has 0 atom stereocenters. The van der Waals surface area contributed by atoms with Gasteiger partial charge in [0, 0.05) is 24.3 Å². The van der Waals surface area contributed by atoms with Crippen molar-refractivity contribution in [1.82, 2.24) is 9.78 Å². The van der Waals surface area contributed by atoms with Gasteiger partial charge in [0.15, 0.2) is 0 Å². The fourth-order valence-corrected chi connectivity index (χ4v) is 3.36. The fourth-order valence-electron chi connectivity index (χ4n) is 3.36. The molecule has 4 aromatic rings. The molecule has 35 heavy (non-hydrogen) atoms. The Balaban J connectivity index is 1.54. The lowest BCUT2D eigenvalue weighted by Crippen LogP contribution is -2.11. The van der Waals surface area contributed by atoms with Crippen LogP contribution in [0, 0.1) is 20.2 Å². The number of hydrogen-bond acceptors (Lipinski definition) is 9. The number of non-ortho nitro benzene ring substituents is 2. The van der Waals surface area contributed by atoms with E-state index in [1.54, 1.807) is 35.0 Å². The number of aromatic nitrogens is 2. The molecule has 0 aliphatic rings. The minimum atomic E-state index is -1.02. The van der Waals surface area contributed by atoms with Gasteiger partial charge in [0.1, 0.15) is 12.4 Å². The molecule has 0 unspecified atom stereocenters. The third-order valence-electron chi connectivity index (χ3n) is 5.06. The highest BCUT2D eigenvalue weighted by Crippen LogP contribution is 2.30. The van der Waals surface area contributed by atoms with Crippen molar-refractivity contribution in [3.05, 3.63) is 98.1 Å². The maximum atomic E-state index is 12.3. The standard InChI is InChI=1S/C23H18N4O8/c1-33-19-9-10-21-20(12-19)22(24-25(21)13-16-3-2-4-18(11-16)27(31)32)35-23(28)34-14-15-5-7-17(8-6-15)26(29)30/h2-12H,13-14H2,1H3. The van der Waals surface area contributed by atoms with Crippen molar-refractivity contribution < 1.29 is 28.9 Å². The van der Waals surface area contributed by atoms with Crippen molar-refractivity contribution in [2.45, 2.75) is 13.2 Å². The Kier molecular flexibility index (Phi) is 6.53. The molecule has 0 saturated heterocycles. The van der Waals surface area contributed by atoms with E-state index in [4.69, 9.17) is 14.2 Å². The Morgan fingerprint density at radius 3 is 2.37 bits per heavy atom. The Labute approximate surface area is 197 Å². The van der Waals surface area contributed by atoms with Crippen LogP contribution >= 0.6 is 0 Å². The normalized spacial score (nSPS) is 10.7. The zero-order valence-corrected chi connectivity index (χ0v) is 18.3. The minimum Gasteiger partial charge on any atom is -0.497 e. The van der Waals surface area contributed by atoms with Gasteiger partial charge in [-0.2, -0.15) is 0 Å². The van der Waals surface area contributed by atoms with E-state index in [-0.39, 0.29) is 30.4 Å². The molecule has 0 spiro atoms. The number of nitro benzene ring substituents is 2. The number of ether oxygens (including phenoxy) is 3. The van der Waals surface area contributed by atoms with Crippen molar-refractivity contribution in [3.63, 3.8) is 0 Å². The summed E-state index contributed by atoms with van der Waals surface area (Å²) in [5.74, 6) is 0.481. The minimum absolute atomic E-state index is 0.0296. The van der Waals surface area contributed by atoms with Gasteiger partial charge in [0.25, 0.3) is 17.3 Å². The molecule has 0 fully saturated rings. The topological polar surface area (TPSA) is 149 Å². The molecule has 1 heterocycles. The third-order valence-corrected chi connectivity index (χ3v) is 5.06. The van der Waals surface area contributed by atoms with Gasteiger partial charge in [-0.1, -0.05) is 12.1 Å². The van der Waals surface area contributed by atoms with E-state index in [1.165, 1.54) is 43.5 Å². The summed E-state index contributed by atoms with van der Waals surface area (Å²) in [5.41, 5.74) is 1.65. The van der Waals surface area contributed by atoms with Crippen molar-refractivity contribution in [3.8, 4) is 11.6 Å². The molecule has 4 rings (SSSR count). The number of fused-ring (bicyclic) bond motifs is 1. The Hall–Kier alpha value is -5.00. The molecule has 178 valence electrons. The Morgan fingerprint density at radius 2 is 1.69 bits per heavy atom. The molecule has 3 aromatic carbocycles. The van der Waals surface area contributed by atoms with Gasteiger partial charge in [0.05, 0.1) is 34.4 Å². The molecular weight excluding hydrogens is 460 g/mol.